The molecule has 0 spiro atoms. The Kier molecular flexibility index (Phi) is 8.77. The van der Waals surface area contributed by atoms with E-state index in [4.69, 9.17) is 0 Å². The second-order valence-corrected chi connectivity index (χ2v) is 8.38. The highest BCUT2D eigenvalue weighted by Gasteiger charge is 2.30. The van der Waals surface area contributed by atoms with Crippen molar-refractivity contribution < 1.29 is 0 Å². The molecular formula is C22H36IN5. The second kappa shape index (κ2) is 10.6. The summed E-state index contributed by atoms with van der Waals surface area (Å²) >= 11 is 0. The summed E-state index contributed by atoms with van der Waals surface area (Å²) < 4.78 is 0. The van der Waals surface area contributed by atoms with E-state index in [1.807, 2.05) is 7.05 Å². The molecule has 1 saturated heterocycles. The number of aliphatic imine (C=N–C) groups is 1. The Morgan fingerprint density at radius 3 is 2.54 bits per heavy atom. The second-order valence-electron chi connectivity index (χ2n) is 8.38. The number of nitrogens with one attached hydrogen (secondary N) is 2. The Balaban J connectivity index is 0.00000280. The first-order valence-electron chi connectivity index (χ1n) is 10.2. The van der Waals surface area contributed by atoms with Gasteiger partial charge in [0, 0.05) is 57.4 Å². The lowest BCUT2D eigenvalue weighted by molar-refractivity contribution is 0.258. The fourth-order valence-corrected chi connectivity index (χ4v) is 4.12. The molecule has 6 heteroatoms. The number of likely N-dealkylation sites (tertiary alicyclic amines) is 1. The van der Waals surface area contributed by atoms with Gasteiger partial charge in [-0.3, -0.25) is 9.89 Å². The molecular weight excluding hydrogens is 461 g/mol. The molecule has 2 aliphatic rings. The van der Waals surface area contributed by atoms with Crippen LogP contribution in [0.3, 0.4) is 0 Å². The van der Waals surface area contributed by atoms with Crippen molar-refractivity contribution in [2.45, 2.75) is 44.8 Å². The van der Waals surface area contributed by atoms with Crippen molar-refractivity contribution in [1.29, 1.82) is 0 Å². The number of guanidine groups is 1. The van der Waals surface area contributed by atoms with Crippen molar-refractivity contribution in [2.24, 2.45) is 4.99 Å². The fourth-order valence-electron chi connectivity index (χ4n) is 4.12. The Hall–Kier alpha value is -1.12. The minimum atomic E-state index is -0.0385. The molecule has 0 radical (unpaired) electrons. The van der Waals surface area contributed by atoms with E-state index in [-0.39, 0.29) is 29.5 Å². The van der Waals surface area contributed by atoms with E-state index >= 15 is 0 Å². The zero-order valence-corrected chi connectivity index (χ0v) is 20.0. The molecule has 156 valence electrons. The Bertz CT molecular complexity index is 650. The van der Waals surface area contributed by atoms with E-state index in [9.17, 15) is 0 Å². The number of nitrogens with zero attached hydrogens (tertiary/aromatic N) is 3. The van der Waals surface area contributed by atoms with Crippen LogP contribution in [-0.4, -0.2) is 67.1 Å². The van der Waals surface area contributed by atoms with Gasteiger partial charge in [-0.15, -0.1) is 24.0 Å². The average Bonchev–Trinajstić information content (AvgIpc) is 3.34. The van der Waals surface area contributed by atoms with E-state index in [2.05, 4.69) is 88.7 Å². The molecule has 1 aromatic rings. The molecule has 2 atom stereocenters. The Labute approximate surface area is 187 Å². The van der Waals surface area contributed by atoms with Crippen LogP contribution in [-0.2, 0) is 0 Å². The summed E-state index contributed by atoms with van der Waals surface area (Å²) in [4.78, 5) is 9.50. The standard InChI is InChI=1S/C22H35N5.HI/c1-18(19-10-6-5-7-11-19)25-22(2,3)17-24-21(23-4)27-15-12-20(16-27)26-13-8-9-14-26;/h5-11,18,20,25H,12-17H2,1-4H3,(H,23,24);1H. The molecule has 1 aromatic carbocycles. The highest BCUT2D eigenvalue weighted by Crippen LogP contribution is 2.19. The maximum Gasteiger partial charge on any atom is 0.193 e. The van der Waals surface area contributed by atoms with Crippen molar-refractivity contribution in [1.82, 2.24) is 20.4 Å². The minimum Gasteiger partial charge on any atom is -0.354 e. The van der Waals surface area contributed by atoms with Gasteiger partial charge in [-0.2, -0.15) is 0 Å². The minimum absolute atomic E-state index is 0. The number of benzene rings is 1. The third kappa shape index (κ3) is 6.19. The zero-order valence-electron chi connectivity index (χ0n) is 17.7. The quantitative estimate of drug-likeness (QED) is 0.274. The highest BCUT2D eigenvalue weighted by molar-refractivity contribution is 14.0. The van der Waals surface area contributed by atoms with Crippen LogP contribution in [0.4, 0.5) is 0 Å². The lowest BCUT2D eigenvalue weighted by Gasteiger charge is -2.33. The van der Waals surface area contributed by atoms with Crippen LogP contribution in [0.25, 0.3) is 0 Å². The van der Waals surface area contributed by atoms with Gasteiger partial charge in [0.15, 0.2) is 5.96 Å². The Morgan fingerprint density at radius 1 is 1.21 bits per heavy atom. The van der Waals surface area contributed by atoms with Crippen LogP contribution in [0.2, 0.25) is 0 Å². The van der Waals surface area contributed by atoms with Gasteiger partial charge in [0.05, 0.1) is 0 Å². The van der Waals surface area contributed by atoms with Gasteiger partial charge in [-0.1, -0.05) is 42.5 Å². The van der Waals surface area contributed by atoms with Crippen molar-refractivity contribution >= 4 is 29.9 Å². The summed E-state index contributed by atoms with van der Waals surface area (Å²) in [5, 5.41) is 7.34. The molecule has 2 heterocycles. The molecule has 2 unspecified atom stereocenters. The van der Waals surface area contributed by atoms with Crippen LogP contribution in [0.15, 0.2) is 47.5 Å². The van der Waals surface area contributed by atoms with Crippen molar-refractivity contribution in [3.8, 4) is 0 Å². The number of rotatable bonds is 6. The maximum atomic E-state index is 4.54. The molecule has 0 saturated carbocycles. The van der Waals surface area contributed by atoms with E-state index in [0.717, 1.165) is 38.7 Å². The van der Waals surface area contributed by atoms with Gasteiger partial charge in [-0.25, -0.2) is 0 Å². The molecule has 0 aliphatic carbocycles. The Morgan fingerprint density at radius 2 is 1.89 bits per heavy atom. The topological polar surface area (TPSA) is 42.9 Å². The molecule has 1 fully saturated rings. The molecule has 0 amide bonds. The van der Waals surface area contributed by atoms with Crippen molar-refractivity contribution in [3.63, 3.8) is 0 Å². The average molecular weight is 497 g/mol. The summed E-state index contributed by atoms with van der Waals surface area (Å²) in [7, 11) is 1.89. The van der Waals surface area contributed by atoms with Gasteiger partial charge < -0.3 is 15.5 Å². The first-order chi connectivity index (χ1) is 13.0. The molecule has 0 bridgehead atoms. The predicted molar refractivity (Wildman–Crippen MR) is 130 cm³/mol. The maximum absolute atomic E-state index is 4.54. The third-order valence-electron chi connectivity index (χ3n) is 5.63. The first-order valence-corrected chi connectivity index (χ1v) is 10.2. The van der Waals surface area contributed by atoms with Gasteiger partial charge in [0.25, 0.3) is 0 Å². The molecule has 3 rings (SSSR count). The summed E-state index contributed by atoms with van der Waals surface area (Å²) in [6.07, 6.45) is 5.77. The SMILES string of the molecule is CN=C(NCC(C)(C)NC(C)c1ccccc1)N1CCC(N2CC=CC2)C1.I. The highest BCUT2D eigenvalue weighted by atomic mass is 127. The van der Waals surface area contributed by atoms with Crippen LogP contribution in [0, 0.1) is 0 Å². The van der Waals surface area contributed by atoms with Crippen molar-refractivity contribution in [3.05, 3.63) is 48.0 Å². The molecule has 2 aliphatic heterocycles. The van der Waals surface area contributed by atoms with E-state index < -0.39 is 0 Å². The third-order valence-corrected chi connectivity index (χ3v) is 5.63. The lowest BCUT2D eigenvalue weighted by atomic mass is 10.0. The van der Waals surface area contributed by atoms with E-state index in [1.165, 1.54) is 12.0 Å². The fraction of sp³-hybridized carbons (Fsp3) is 0.591. The van der Waals surface area contributed by atoms with Gasteiger partial charge >= 0.3 is 0 Å². The normalized spacial score (nSPS) is 21.6. The van der Waals surface area contributed by atoms with E-state index in [1.54, 1.807) is 0 Å². The van der Waals surface area contributed by atoms with Gasteiger partial charge in [0.1, 0.15) is 0 Å². The summed E-state index contributed by atoms with van der Waals surface area (Å²) in [6.45, 7) is 11.9. The zero-order chi connectivity index (χ0) is 19.3. The van der Waals surface area contributed by atoms with Crippen LogP contribution in [0.1, 0.15) is 38.8 Å². The molecule has 2 N–H and O–H groups in total. The van der Waals surface area contributed by atoms with Crippen LogP contribution in [0.5, 0.6) is 0 Å². The molecule has 28 heavy (non-hydrogen) atoms. The summed E-state index contributed by atoms with van der Waals surface area (Å²) in [6, 6.07) is 11.6. The lowest BCUT2D eigenvalue weighted by Crippen LogP contribution is -2.52. The van der Waals surface area contributed by atoms with E-state index in [0.29, 0.717) is 12.1 Å². The summed E-state index contributed by atoms with van der Waals surface area (Å²) in [5.41, 5.74) is 1.28. The molecule has 5 nitrogen and oxygen atoms in total. The smallest absolute Gasteiger partial charge is 0.193 e. The van der Waals surface area contributed by atoms with Crippen LogP contribution >= 0.6 is 24.0 Å². The molecule has 0 aromatic heterocycles. The number of hydrogen-bond donors (Lipinski definition) is 2. The van der Waals surface area contributed by atoms with Crippen molar-refractivity contribution in [2.75, 3.05) is 39.8 Å². The number of hydrogen-bond acceptors (Lipinski definition) is 3. The van der Waals surface area contributed by atoms with Gasteiger partial charge in [-0.05, 0) is 32.8 Å². The summed E-state index contributed by atoms with van der Waals surface area (Å²) in [5.74, 6) is 1.02. The number of halogens is 1. The largest absolute Gasteiger partial charge is 0.354 e. The monoisotopic (exact) mass is 497 g/mol. The van der Waals surface area contributed by atoms with Crippen LogP contribution < -0.4 is 10.6 Å². The predicted octanol–water partition coefficient (Wildman–Crippen LogP) is 3.26. The van der Waals surface area contributed by atoms with Gasteiger partial charge in [0.2, 0.25) is 0 Å². The first kappa shape index (κ1) is 23.2.